The van der Waals surface area contributed by atoms with Crippen LogP contribution in [0.5, 0.6) is 23.0 Å². The number of aliphatic hydroxyl groups is 1. The molecule has 0 fully saturated rings. The molecule has 4 aromatic carbocycles. The lowest BCUT2D eigenvalue weighted by atomic mass is 10.2. The standard InChI is InChI=1S/C16H26N2O5Si.C16H28N2O3Si.C10H12N2O5.C8H7NO5/c1-16(2,3)24(5,6)23-10-9-17-15(19)12-7-8-13(18(20)21)14(11-12)22-4;1-16(2,3)22(5,6)21-10-9-18-15(19)12-7-8-13(17)14(11-12)20-4;1-17-9-6-7(10(14)11-4-5-13)2-3-8(9)12(15)16;1-14-7-4-5(8(10)11)2-3-6(7)9(12)13/h7-8,11H,9-10H2,1-6H3,(H,17,19);7-8,11H,9-10,17H2,1-6H3,(H,18,19);2-3,6,13H,4-5H2,1H3,(H,11,14);2-4H,1H3,(H,10,11). The van der Waals surface area contributed by atoms with E-state index in [0.29, 0.717) is 48.9 Å². The second-order valence-electron chi connectivity index (χ2n) is 19.4. The van der Waals surface area contributed by atoms with Crippen LogP contribution in [-0.4, -0.2) is 133 Å². The first-order valence-electron chi connectivity index (χ1n) is 23.6. The summed E-state index contributed by atoms with van der Waals surface area (Å²) in [5.41, 5.74) is 6.65. The first-order valence-corrected chi connectivity index (χ1v) is 29.4. The number of methoxy groups -OCH3 is 4. The number of hydrogen-bond donors (Lipinski definition) is 6. The van der Waals surface area contributed by atoms with Gasteiger partial charge < -0.3 is 59.7 Å². The Bertz CT molecular complexity index is 2670. The number of aliphatic hydroxyl groups excluding tert-OH is 1. The summed E-state index contributed by atoms with van der Waals surface area (Å²) in [6, 6.07) is 16.2. The number of carbonyl (C=O) groups is 4. The summed E-state index contributed by atoms with van der Waals surface area (Å²) in [5, 5.41) is 57.4. The number of ether oxygens (including phenoxy) is 4. The molecule has 0 bridgehead atoms. The van der Waals surface area contributed by atoms with Gasteiger partial charge in [0.2, 0.25) is 0 Å². The van der Waals surface area contributed by atoms with E-state index >= 15 is 0 Å². The highest BCUT2D eigenvalue weighted by atomic mass is 28.4. The average molecular weight is 1120 g/mol. The van der Waals surface area contributed by atoms with E-state index in [1.54, 1.807) is 18.2 Å². The van der Waals surface area contributed by atoms with E-state index in [9.17, 15) is 49.5 Å². The fourth-order valence-corrected chi connectivity index (χ4v) is 7.69. The summed E-state index contributed by atoms with van der Waals surface area (Å²) in [6.07, 6.45) is 0. The number of nitro benzene ring substituents is 3. The molecule has 0 aliphatic carbocycles. The number of aromatic carboxylic acids is 1. The number of rotatable bonds is 21. The van der Waals surface area contributed by atoms with Crippen LogP contribution >= 0.6 is 0 Å². The van der Waals surface area contributed by atoms with Crippen molar-refractivity contribution in [2.24, 2.45) is 0 Å². The van der Waals surface area contributed by atoms with Crippen molar-refractivity contribution >= 4 is 63.1 Å². The smallest absolute Gasteiger partial charge is 0.335 e. The molecule has 0 heterocycles. The summed E-state index contributed by atoms with van der Waals surface area (Å²) >= 11 is 0. The molecule has 0 radical (unpaired) electrons. The second kappa shape index (κ2) is 30.7. The molecule has 0 saturated carbocycles. The number of carboxylic acids is 1. The van der Waals surface area contributed by atoms with Crippen LogP contribution in [0.3, 0.4) is 0 Å². The monoisotopic (exact) mass is 1120 g/mol. The van der Waals surface area contributed by atoms with Crippen molar-refractivity contribution in [2.45, 2.75) is 77.8 Å². The van der Waals surface area contributed by atoms with Crippen molar-refractivity contribution in [1.82, 2.24) is 16.0 Å². The van der Waals surface area contributed by atoms with Crippen molar-refractivity contribution in [3.8, 4) is 23.0 Å². The normalized spacial score (nSPS) is 11.1. The SMILES string of the molecule is COc1cc(C(=O)NCCO)ccc1[N+](=O)[O-].COc1cc(C(=O)NCCO[Si](C)(C)C(C)(C)C)ccc1N.COc1cc(C(=O)NCCO[Si](C)(C)C(C)(C)C)ccc1[N+](=O)[O-].COc1cc(C(=O)O)ccc1[N+](=O)[O-]. The molecular weight excluding hydrogens is 1040 g/mol. The molecule has 0 saturated heterocycles. The first-order chi connectivity index (χ1) is 35.7. The molecule has 25 nitrogen and oxygen atoms in total. The number of nitrogens with two attached hydrogens (primary N) is 1. The Kier molecular flexibility index (Phi) is 26.9. The molecule has 4 aromatic rings. The predicted molar refractivity (Wildman–Crippen MR) is 294 cm³/mol. The minimum Gasteiger partial charge on any atom is -0.495 e. The molecule has 4 rings (SSSR count). The lowest BCUT2D eigenvalue weighted by Gasteiger charge is -2.36. The van der Waals surface area contributed by atoms with Crippen molar-refractivity contribution < 1.29 is 72.0 Å². The maximum Gasteiger partial charge on any atom is 0.335 e. The van der Waals surface area contributed by atoms with Crippen LogP contribution < -0.4 is 40.6 Å². The number of hydrogen-bond acceptors (Lipinski definition) is 18. The van der Waals surface area contributed by atoms with Gasteiger partial charge in [-0.2, -0.15) is 0 Å². The van der Waals surface area contributed by atoms with Crippen LogP contribution in [0.4, 0.5) is 22.7 Å². The number of carboxylic acid groups (broad SMARTS) is 1. The largest absolute Gasteiger partial charge is 0.495 e. The maximum atomic E-state index is 12.1. The van der Waals surface area contributed by atoms with Gasteiger partial charge in [-0.05, 0) is 72.7 Å². The summed E-state index contributed by atoms with van der Waals surface area (Å²) in [7, 11) is 1.79. The van der Waals surface area contributed by atoms with Gasteiger partial charge in [0.1, 0.15) is 5.75 Å². The quantitative estimate of drug-likeness (QED) is 0.0151. The van der Waals surface area contributed by atoms with Gasteiger partial charge in [0.15, 0.2) is 33.9 Å². The molecular formula is C50H73N7O18Si2. The van der Waals surface area contributed by atoms with Crippen LogP contribution in [0.1, 0.15) is 83.0 Å². The fourth-order valence-electron chi connectivity index (χ4n) is 5.60. The lowest BCUT2D eigenvalue weighted by Crippen LogP contribution is -2.42. The molecule has 0 unspecified atom stereocenters. The van der Waals surface area contributed by atoms with E-state index in [4.69, 9.17) is 43.7 Å². The van der Waals surface area contributed by atoms with Crippen LogP contribution in [0.25, 0.3) is 0 Å². The van der Waals surface area contributed by atoms with E-state index in [1.165, 1.54) is 64.8 Å². The van der Waals surface area contributed by atoms with E-state index < -0.39 is 43.3 Å². The van der Waals surface area contributed by atoms with E-state index in [2.05, 4.69) is 83.7 Å². The Hall–Kier alpha value is -7.73. The predicted octanol–water partition coefficient (Wildman–Crippen LogP) is 8.01. The van der Waals surface area contributed by atoms with Gasteiger partial charge >= 0.3 is 23.0 Å². The van der Waals surface area contributed by atoms with Gasteiger partial charge in [-0.1, -0.05) is 41.5 Å². The Morgan fingerprint density at radius 3 is 1.09 bits per heavy atom. The topological polar surface area (TPSA) is 356 Å². The Morgan fingerprint density at radius 1 is 0.519 bits per heavy atom. The highest BCUT2D eigenvalue weighted by Crippen LogP contribution is 2.37. The van der Waals surface area contributed by atoms with E-state index in [0.717, 1.165) is 18.2 Å². The summed E-state index contributed by atoms with van der Waals surface area (Å²) in [5.74, 6) is -1.53. The third-order valence-corrected chi connectivity index (χ3v) is 21.2. The highest BCUT2D eigenvalue weighted by Gasteiger charge is 2.38. The number of amides is 3. The number of nitro groups is 3. The Labute approximate surface area is 449 Å². The number of nitrogen functional groups attached to an aromatic ring is 1. The van der Waals surface area contributed by atoms with Gasteiger partial charge in [0.05, 0.1) is 74.3 Å². The molecule has 0 spiro atoms. The summed E-state index contributed by atoms with van der Waals surface area (Å²) in [6.45, 7) is 23.5. The number of anilines is 1. The number of nitrogens with zero attached hydrogens (tertiary/aromatic N) is 3. The van der Waals surface area contributed by atoms with Crippen molar-refractivity contribution in [3.05, 3.63) is 125 Å². The van der Waals surface area contributed by atoms with Gasteiger partial charge in [-0.3, -0.25) is 44.7 Å². The van der Waals surface area contributed by atoms with Crippen LogP contribution in [0.15, 0.2) is 72.8 Å². The molecule has 0 aliphatic heterocycles. The zero-order valence-corrected chi connectivity index (χ0v) is 48.0. The van der Waals surface area contributed by atoms with Crippen molar-refractivity contribution in [3.63, 3.8) is 0 Å². The average Bonchev–Trinajstić information content (AvgIpc) is 3.37. The molecule has 0 aliphatic rings. The Morgan fingerprint density at radius 2 is 0.805 bits per heavy atom. The number of nitrogens with one attached hydrogen (secondary N) is 3. The van der Waals surface area contributed by atoms with Crippen molar-refractivity contribution in [1.29, 1.82) is 0 Å². The molecule has 0 atom stereocenters. The van der Waals surface area contributed by atoms with E-state index in [-0.39, 0.29) is 80.5 Å². The van der Waals surface area contributed by atoms with Gasteiger partial charge in [-0.25, -0.2) is 4.79 Å². The second-order valence-corrected chi connectivity index (χ2v) is 29.0. The first kappa shape index (κ1) is 67.3. The molecule has 77 heavy (non-hydrogen) atoms. The fraction of sp³-hybridized carbons (Fsp3) is 0.440. The lowest BCUT2D eigenvalue weighted by molar-refractivity contribution is -0.385. The van der Waals surface area contributed by atoms with Crippen LogP contribution in [0.2, 0.25) is 36.3 Å². The molecule has 7 N–H and O–H groups in total. The van der Waals surface area contributed by atoms with Gasteiger partial charge in [0.25, 0.3) is 17.7 Å². The molecule has 27 heteroatoms. The number of carbonyl (C=O) groups excluding carboxylic acids is 3. The minimum atomic E-state index is -1.84. The summed E-state index contributed by atoms with van der Waals surface area (Å²) in [4.78, 5) is 76.4. The third kappa shape index (κ3) is 21.4. The Balaban J connectivity index is 0.000000523. The third-order valence-electron chi connectivity index (χ3n) is 12.1. The molecule has 0 aromatic heterocycles. The van der Waals surface area contributed by atoms with Crippen LogP contribution in [-0.2, 0) is 8.85 Å². The van der Waals surface area contributed by atoms with E-state index in [1.807, 2.05) is 0 Å². The molecule has 3 amide bonds. The maximum absolute atomic E-state index is 12.1. The summed E-state index contributed by atoms with van der Waals surface area (Å²) < 4.78 is 31.6. The zero-order valence-electron chi connectivity index (χ0n) is 46.0. The molecule has 424 valence electrons. The van der Waals surface area contributed by atoms with Crippen molar-refractivity contribution in [2.75, 3.05) is 73.6 Å². The highest BCUT2D eigenvalue weighted by molar-refractivity contribution is 6.74. The minimum absolute atomic E-state index is 0.0200. The number of benzene rings is 4. The van der Waals surface area contributed by atoms with Crippen LogP contribution in [0, 0.1) is 30.3 Å². The van der Waals surface area contributed by atoms with Gasteiger partial charge in [-0.15, -0.1) is 0 Å². The zero-order chi connectivity index (χ0) is 59.1. The van der Waals surface area contributed by atoms with Gasteiger partial charge in [0, 0.05) is 72.7 Å².